The van der Waals surface area contributed by atoms with Crippen LogP contribution in [-0.2, 0) is 6.54 Å². The number of ether oxygens (including phenoxy) is 1. The molecule has 3 rings (SSSR count). The van der Waals surface area contributed by atoms with Gasteiger partial charge in [-0.1, -0.05) is 23.8 Å². The van der Waals surface area contributed by atoms with Crippen LogP contribution in [0.15, 0.2) is 65.8 Å². The topological polar surface area (TPSA) is 72.5 Å². The van der Waals surface area contributed by atoms with E-state index < -0.39 is 0 Å². The number of pyridine rings is 1. The van der Waals surface area contributed by atoms with Gasteiger partial charge in [-0.3, -0.25) is 0 Å². The lowest BCUT2D eigenvalue weighted by molar-refractivity contribution is 0.461. The number of aryl methyl sites for hydroxylation is 3. The number of nitrogens with one attached hydrogen (secondary N) is 1. The summed E-state index contributed by atoms with van der Waals surface area (Å²) in [4.78, 5) is 8.66. The van der Waals surface area contributed by atoms with Crippen LogP contribution in [-0.4, -0.2) is 10.9 Å². The van der Waals surface area contributed by atoms with E-state index in [0.717, 1.165) is 17.0 Å². The Bertz CT molecular complexity index is 949. The number of rotatable bonds is 5. The minimum absolute atomic E-state index is 0.368. The lowest BCUT2D eigenvalue weighted by Crippen LogP contribution is -2.22. The zero-order valence-electron chi connectivity index (χ0n) is 15.9. The van der Waals surface area contributed by atoms with Crippen LogP contribution in [0.25, 0.3) is 0 Å². The molecule has 3 N–H and O–H groups in total. The SMILES string of the molecule is Cc1ccc(NC(N)=NCc2ccnc(Oc3ccc(C)c(C)c3)c2)cc1. The Balaban J connectivity index is 1.64. The molecule has 2 aromatic carbocycles. The molecule has 3 aromatic rings. The molecule has 0 aliphatic heterocycles. The van der Waals surface area contributed by atoms with Gasteiger partial charge >= 0.3 is 0 Å². The van der Waals surface area contributed by atoms with E-state index in [0.29, 0.717) is 18.4 Å². The average molecular weight is 360 g/mol. The Hall–Kier alpha value is -3.34. The maximum absolute atomic E-state index is 5.98. The number of aliphatic imine (C=N–C) groups is 1. The second kappa shape index (κ2) is 8.36. The molecule has 0 radical (unpaired) electrons. The molecule has 0 unspecified atom stereocenters. The van der Waals surface area contributed by atoms with Gasteiger partial charge in [-0.15, -0.1) is 0 Å². The van der Waals surface area contributed by atoms with Crippen molar-refractivity contribution >= 4 is 11.6 Å². The first-order valence-electron chi connectivity index (χ1n) is 8.83. The highest BCUT2D eigenvalue weighted by Gasteiger charge is 2.03. The molecule has 27 heavy (non-hydrogen) atoms. The van der Waals surface area contributed by atoms with E-state index in [4.69, 9.17) is 10.5 Å². The molecule has 138 valence electrons. The Morgan fingerprint density at radius 3 is 2.52 bits per heavy atom. The van der Waals surface area contributed by atoms with E-state index in [1.54, 1.807) is 6.20 Å². The molecular formula is C22H24N4O. The maximum Gasteiger partial charge on any atom is 0.219 e. The molecule has 0 aliphatic carbocycles. The second-order valence-electron chi connectivity index (χ2n) is 6.54. The van der Waals surface area contributed by atoms with Gasteiger partial charge in [0.1, 0.15) is 5.75 Å². The summed E-state index contributed by atoms with van der Waals surface area (Å²) < 4.78 is 5.86. The molecule has 0 atom stereocenters. The van der Waals surface area contributed by atoms with E-state index in [-0.39, 0.29) is 0 Å². The van der Waals surface area contributed by atoms with Crippen molar-refractivity contribution in [2.45, 2.75) is 27.3 Å². The van der Waals surface area contributed by atoms with Gasteiger partial charge in [0, 0.05) is 18.0 Å². The largest absolute Gasteiger partial charge is 0.439 e. The molecule has 5 nitrogen and oxygen atoms in total. The van der Waals surface area contributed by atoms with Gasteiger partial charge in [0.05, 0.1) is 6.54 Å². The van der Waals surface area contributed by atoms with Crippen LogP contribution in [0.5, 0.6) is 11.6 Å². The summed E-state index contributed by atoms with van der Waals surface area (Å²) in [6, 6.07) is 17.7. The van der Waals surface area contributed by atoms with Crippen molar-refractivity contribution in [1.29, 1.82) is 0 Å². The number of guanidine groups is 1. The molecular weight excluding hydrogens is 336 g/mol. The molecule has 1 heterocycles. The van der Waals surface area contributed by atoms with Gasteiger partial charge in [-0.05, 0) is 67.8 Å². The van der Waals surface area contributed by atoms with Crippen molar-refractivity contribution < 1.29 is 4.74 Å². The van der Waals surface area contributed by atoms with Gasteiger partial charge in [0.15, 0.2) is 5.96 Å². The molecule has 0 bridgehead atoms. The summed E-state index contributed by atoms with van der Waals surface area (Å²) in [5, 5.41) is 3.09. The quantitative estimate of drug-likeness (QED) is 0.510. The Labute approximate surface area is 159 Å². The van der Waals surface area contributed by atoms with Gasteiger partial charge < -0.3 is 15.8 Å². The van der Waals surface area contributed by atoms with Gasteiger partial charge in [0.25, 0.3) is 0 Å². The molecule has 1 aromatic heterocycles. The lowest BCUT2D eigenvalue weighted by Gasteiger charge is -2.08. The number of benzene rings is 2. The summed E-state index contributed by atoms with van der Waals surface area (Å²) >= 11 is 0. The fourth-order valence-electron chi connectivity index (χ4n) is 2.50. The number of anilines is 1. The van der Waals surface area contributed by atoms with Crippen molar-refractivity contribution in [3.05, 3.63) is 83.0 Å². The summed E-state index contributed by atoms with van der Waals surface area (Å²) in [7, 11) is 0. The first kappa shape index (κ1) is 18.5. The van der Waals surface area contributed by atoms with Crippen molar-refractivity contribution in [2.24, 2.45) is 10.7 Å². The molecule has 0 spiro atoms. The van der Waals surface area contributed by atoms with Crippen LogP contribution < -0.4 is 15.8 Å². The zero-order valence-corrected chi connectivity index (χ0v) is 15.9. The number of hydrogen-bond acceptors (Lipinski definition) is 3. The highest BCUT2D eigenvalue weighted by Crippen LogP contribution is 2.22. The van der Waals surface area contributed by atoms with Crippen LogP contribution >= 0.6 is 0 Å². The fourth-order valence-corrected chi connectivity index (χ4v) is 2.50. The number of hydrogen-bond donors (Lipinski definition) is 2. The van der Waals surface area contributed by atoms with Crippen LogP contribution in [0.4, 0.5) is 5.69 Å². The summed E-state index contributed by atoms with van der Waals surface area (Å²) in [6.45, 7) is 6.62. The molecule has 0 fully saturated rings. The second-order valence-corrected chi connectivity index (χ2v) is 6.54. The van der Waals surface area contributed by atoms with E-state index in [2.05, 4.69) is 29.1 Å². The predicted molar refractivity (Wildman–Crippen MR) is 110 cm³/mol. The minimum Gasteiger partial charge on any atom is -0.439 e. The Morgan fingerprint density at radius 2 is 1.78 bits per heavy atom. The zero-order chi connectivity index (χ0) is 19.2. The van der Waals surface area contributed by atoms with Crippen LogP contribution in [0.2, 0.25) is 0 Å². The summed E-state index contributed by atoms with van der Waals surface area (Å²) in [5.41, 5.74) is 11.5. The average Bonchev–Trinajstić information content (AvgIpc) is 2.65. The Morgan fingerprint density at radius 1 is 1.00 bits per heavy atom. The highest BCUT2D eigenvalue weighted by atomic mass is 16.5. The van der Waals surface area contributed by atoms with Crippen LogP contribution in [0.1, 0.15) is 22.3 Å². The number of aromatic nitrogens is 1. The number of nitrogens with two attached hydrogens (primary N) is 1. The normalized spacial score (nSPS) is 11.3. The Kier molecular flexibility index (Phi) is 5.71. The lowest BCUT2D eigenvalue weighted by atomic mass is 10.1. The minimum atomic E-state index is 0.368. The molecule has 0 amide bonds. The first-order valence-corrected chi connectivity index (χ1v) is 8.83. The van der Waals surface area contributed by atoms with E-state index in [9.17, 15) is 0 Å². The van der Waals surface area contributed by atoms with E-state index >= 15 is 0 Å². The summed E-state index contributed by atoms with van der Waals surface area (Å²) in [6.07, 6.45) is 1.71. The van der Waals surface area contributed by atoms with Crippen molar-refractivity contribution in [3.8, 4) is 11.6 Å². The van der Waals surface area contributed by atoms with Crippen molar-refractivity contribution in [3.63, 3.8) is 0 Å². The first-order chi connectivity index (χ1) is 13.0. The molecule has 0 saturated heterocycles. The van der Waals surface area contributed by atoms with Crippen LogP contribution in [0.3, 0.4) is 0 Å². The maximum atomic E-state index is 5.98. The smallest absolute Gasteiger partial charge is 0.219 e. The van der Waals surface area contributed by atoms with E-state index in [1.807, 2.05) is 61.5 Å². The van der Waals surface area contributed by atoms with Crippen molar-refractivity contribution in [1.82, 2.24) is 4.98 Å². The third-order valence-corrected chi connectivity index (χ3v) is 4.26. The van der Waals surface area contributed by atoms with Gasteiger partial charge in [0.2, 0.25) is 5.88 Å². The molecule has 5 heteroatoms. The van der Waals surface area contributed by atoms with Gasteiger partial charge in [-0.25, -0.2) is 9.98 Å². The predicted octanol–water partition coefficient (Wildman–Crippen LogP) is 4.73. The van der Waals surface area contributed by atoms with Crippen molar-refractivity contribution in [2.75, 3.05) is 5.32 Å². The fraction of sp³-hybridized carbons (Fsp3) is 0.182. The highest BCUT2D eigenvalue weighted by molar-refractivity contribution is 5.92. The monoisotopic (exact) mass is 360 g/mol. The van der Waals surface area contributed by atoms with E-state index in [1.165, 1.54) is 16.7 Å². The van der Waals surface area contributed by atoms with Crippen LogP contribution in [0, 0.1) is 20.8 Å². The standard InChI is InChI=1S/C22H24N4O/c1-15-4-7-19(8-5-15)26-22(23)25-14-18-10-11-24-21(13-18)27-20-9-6-16(2)17(3)12-20/h4-13H,14H2,1-3H3,(H3,23,25,26). The summed E-state index contributed by atoms with van der Waals surface area (Å²) in [5.74, 6) is 1.68. The van der Waals surface area contributed by atoms with Gasteiger partial charge in [-0.2, -0.15) is 0 Å². The third-order valence-electron chi connectivity index (χ3n) is 4.26. The molecule has 0 aliphatic rings. The number of nitrogens with zero attached hydrogens (tertiary/aromatic N) is 2. The third kappa shape index (κ3) is 5.31. The molecule has 0 saturated carbocycles.